The van der Waals surface area contributed by atoms with Crippen molar-refractivity contribution in [2.45, 2.75) is 57.2 Å². The number of hydrogen-bond donors (Lipinski definition) is 2. The quantitative estimate of drug-likeness (QED) is 0.355. The zero-order chi connectivity index (χ0) is 26.9. The maximum Gasteiger partial charge on any atom is 0.304 e. The minimum Gasteiger partial charge on any atom is -0.492 e. The number of halogens is 1. The highest BCUT2D eigenvalue weighted by Crippen LogP contribution is 2.44. The maximum absolute atomic E-state index is 14.9. The Labute approximate surface area is 220 Å². The summed E-state index contributed by atoms with van der Waals surface area (Å²) in [7, 11) is 0. The molecule has 2 aromatic carbocycles. The van der Waals surface area contributed by atoms with Gasteiger partial charge in [-0.25, -0.2) is 9.37 Å². The molecule has 2 atom stereocenters. The van der Waals surface area contributed by atoms with E-state index in [1.54, 1.807) is 50.4 Å². The van der Waals surface area contributed by atoms with Gasteiger partial charge in [0.25, 0.3) is 0 Å². The van der Waals surface area contributed by atoms with Crippen LogP contribution in [-0.4, -0.2) is 40.0 Å². The number of aromatic nitrogens is 1. The number of hydrogen-bond acceptors (Lipinski definition) is 7. The second-order valence-electron chi connectivity index (χ2n) is 10.2. The monoisotopic (exact) mass is 523 g/mol. The molecule has 0 unspecified atom stereocenters. The van der Waals surface area contributed by atoms with Gasteiger partial charge in [0.15, 0.2) is 0 Å². The first kappa shape index (κ1) is 25.8. The average Bonchev–Trinajstić information content (AvgIpc) is 3.46. The fourth-order valence-electron chi connectivity index (χ4n) is 4.77. The third kappa shape index (κ3) is 5.83. The predicted molar refractivity (Wildman–Crippen MR) is 136 cm³/mol. The lowest BCUT2D eigenvalue weighted by molar-refractivity contribution is -0.137. The number of carbonyl (C=O) groups is 1. The normalized spacial score (nSPS) is 17.9. The highest BCUT2D eigenvalue weighted by Gasteiger charge is 2.32. The second kappa shape index (κ2) is 10.5. The van der Waals surface area contributed by atoms with Crippen molar-refractivity contribution >= 4 is 5.97 Å². The molecule has 0 radical (unpaired) electrons. The molecule has 0 fully saturated rings. The van der Waals surface area contributed by atoms with Gasteiger partial charge in [0.2, 0.25) is 5.88 Å². The number of aliphatic carboxylic acids is 1. The number of aliphatic hydroxyl groups is 1. The Bertz CT molecular complexity index is 1320. The summed E-state index contributed by atoms with van der Waals surface area (Å²) in [6.07, 6.45) is 2.69. The van der Waals surface area contributed by atoms with Crippen LogP contribution in [-0.2, 0) is 11.2 Å². The molecule has 5 rings (SSSR count). The standard InChI is InChI=1S/C29H30FNO7/c1-29(2,34)11-12-35-19-4-10-26(31-15-19)38-23-9-7-22(30)28-21(23)6-8-24(28)37-18-3-5-20-17(13-27(32)33)16-36-25(20)14-18/h3-5,7,9-10,14-15,17,24,34H,6,8,11-13,16H2,1-2H3,(H,32,33)/t17-,24-/m1/s1. The zero-order valence-corrected chi connectivity index (χ0v) is 21.3. The molecule has 2 N–H and O–H groups in total. The lowest BCUT2D eigenvalue weighted by Gasteiger charge is -2.17. The lowest BCUT2D eigenvalue weighted by Crippen LogP contribution is -2.21. The molecule has 8 nitrogen and oxygen atoms in total. The first-order valence-corrected chi connectivity index (χ1v) is 12.6. The van der Waals surface area contributed by atoms with Crippen molar-refractivity contribution in [1.82, 2.24) is 4.98 Å². The summed E-state index contributed by atoms with van der Waals surface area (Å²) in [4.78, 5) is 15.4. The summed E-state index contributed by atoms with van der Waals surface area (Å²) in [5.74, 6) is 1.14. The molecule has 0 saturated heterocycles. The third-order valence-electron chi connectivity index (χ3n) is 6.71. The molecule has 2 heterocycles. The van der Waals surface area contributed by atoms with Gasteiger partial charge < -0.3 is 29.2 Å². The molecule has 0 amide bonds. The number of nitrogens with zero attached hydrogens (tertiary/aromatic N) is 1. The smallest absolute Gasteiger partial charge is 0.304 e. The van der Waals surface area contributed by atoms with Gasteiger partial charge in [-0.15, -0.1) is 0 Å². The number of fused-ring (bicyclic) bond motifs is 2. The summed E-state index contributed by atoms with van der Waals surface area (Å²) in [6, 6.07) is 11.7. The van der Waals surface area contributed by atoms with Crippen LogP contribution in [0.3, 0.4) is 0 Å². The number of rotatable bonds is 10. The number of carboxylic acids is 1. The summed E-state index contributed by atoms with van der Waals surface area (Å²) in [6.45, 7) is 4.12. The molecule has 3 aromatic rings. The van der Waals surface area contributed by atoms with Crippen LogP contribution in [0.15, 0.2) is 48.7 Å². The SMILES string of the molecule is CC(C)(O)CCOc1ccc(Oc2ccc(F)c3c2CC[C@H]3Oc2ccc3c(c2)OC[C@H]3CC(=O)O)nc1. The minimum atomic E-state index is -0.871. The first-order chi connectivity index (χ1) is 18.2. The van der Waals surface area contributed by atoms with E-state index in [4.69, 9.17) is 24.1 Å². The maximum atomic E-state index is 14.9. The molecule has 1 aliphatic carbocycles. The van der Waals surface area contributed by atoms with Crippen LogP contribution in [0.25, 0.3) is 0 Å². The number of pyridine rings is 1. The van der Waals surface area contributed by atoms with Crippen LogP contribution in [0, 0.1) is 5.82 Å². The molecule has 0 bridgehead atoms. The molecule has 0 spiro atoms. The van der Waals surface area contributed by atoms with Crippen LogP contribution in [0.5, 0.6) is 28.9 Å². The van der Waals surface area contributed by atoms with Crippen LogP contribution < -0.4 is 18.9 Å². The van der Waals surface area contributed by atoms with Crippen LogP contribution in [0.1, 0.15) is 61.8 Å². The van der Waals surface area contributed by atoms with Crippen LogP contribution in [0.4, 0.5) is 4.39 Å². The van der Waals surface area contributed by atoms with E-state index in [1.165, 1.54) is 6.07 Å². The molecular weight excluding hydrogens is 493 g/mol. The Balaban J connectivity index is 1.27. The molecular formula is C29H30FNO7. The van der Waals surface area contributed by atoms with E-state index >= 15 is 0 Å². The van der Waals surface area contributed by atoms with Crippen molar-refractivity contribution < 1.29 is 38.3 Å². The van der Waals surface area contributed by atoms with Crippen molar-refractivity contribution in [2.24, 2.45) is 0 Å². The van der Waals surface area contributed by atoms with Gasteiger partial charge in [0.05, 0.1) is 31.4 Å². The summed E-state index contributed by atoms with van der Waals surface area (Å²) < 4.78 is 38.4. The number of ether oxygens (including phenoxy) is 4. The van der Waals surface area contributed by atoms with E-state index < -0.39 is 17.7 Å². The van der Waals surface area contributed by atoms with Gasteiger partial charge in [-0.2, -0.15) is 0 Å². The molecule has 1 aromatic heterocycles. The van der Waals surface area contributed by atoms with Crippen molar-refractivity contribution in [2.75, 3.05) is 13.2 Å². The fraction of sp³-hybridized carbons (Fsp3) is 0.379. The van der Waals surface area contributed by atoms with Crippen LogP contribution in [0.2, 0.25) is 0 Å². The third-order valence-corrected chi connectivity index (χ3v) is 6.71. The number of benzene rings is 2. The topological polar surface area (TPSA) is 107 Å². The summed E-state index contributed by atoms with van der Waals surface area (Å²) >= 11 is 0. The summed E-state index contributed by atoms with van der Waals surface area (Å²) in [5, 5.41) is 18.9. The van der Waals surface area contributed by atoms with Crippen molar-refractivity contribution in [1.29, 1.82) is 0 Å². The van der Waals surface area contributed by atoms with Crippen molar-refractivity contribution in [3.8, 4) is 28.9 Å². The Hall–Kier alpha value is -3.85. The van der Waals surface area contributed by atoms with Crippen molar-refractivity contribution in [3.63, 3.8) is 0 Å². The van der Waals surface area contributed by atoms with E-state index in [1.807, 2.05) is 6.07 Å². The molecule has 0 saturated carbocycles. The van der Waals surface area contributed by atoms with Crippen molar-refractivity contribution in [3.05, 3.63) is 71.2 Å². The number of carboxylic acid groups (broad SMARTS) is 1. The van der Waals surface area contributed by atoms with E-state index in [0.717, 1.165) is 11.1 Å². The Morgan fingerprint density at radius 3 is 2.74 bits per heavy atom. The van der Waals surface area contributed by atoms with Gasteiger partial charge >= 0.3 is 5.97 Å². The molecule has 2 aliphatic rings. The van der Waals surface area contributed by atoms with Gasteiger partial charge in [0, 0.05) is 41.2 Å². The largest absolute Gasteiger partial charge is 0.492 e. The van der Waals surface area contributed by atoms with Crippen LogP contribution >= 0.6 is 0 Å². The Morgan fingerprint density at radius 1 is 1.18 bits per heavy atom. The van der Waals surface area contributed by atoms with E-state index in [0.29, 0.717) is 66.9 Å². The molecule has 9 heteroatoms. The highest BCUT2D eigenvalue weighted by atomic mass is 19.1. The molecule has 200 valence electrons. The summed E-state index contributed by atoms with van der Waals surface area (Å²) in [5.41, 5.74) is 1.23. The fourth-order valence-corrected chi connectivity index (χ4v) is 4.77. The first-order valence-electron chi connectivity index (χ1n) is 12.6. The van der Waals surface area contributed by atoms with Gasteiger partial charge in [-0.3, -0.25) is 4.79 Å². The van der Waals surface area contributed by atoms with Gasteiger partial charge in [0.1, 0.15) is 34.9 Å². The molecule has 1 aliphatic heterocycles. The Morgan fingerprint density at radius 2 is 2.00 bits per heavy atom. The van der Waals surface area contributed by atoms with Gasteiger partial charge in [-0.05, 0) is 51.0 Å². The average molecular weight is 524 g/mol. The van der Waals surface area contributed by atoms with E-state index in [9.17, 15) is 14.3 Å². The lowest BCUT2D eigenvalue weighted by atomic mass is 9.98. The zero-order valence-electron chi connectivity index (χ0n) is 21.3. The molecule has 38 heavy (non-hydrogen) atoms. The van der Waals surface area contributed by atoms with E-state index in [2.05, 4.69) is 4.98 Å². The highest BCUT2D eigenvalue weighted by molar-refractivity contribution is 5.68. The second-order valence-corrected chi connectivity index (χ2v) is 10.2. The minimum absolute atomic E-state index is 0.00383. The Kier molecular flexibility index (Phi) is 7.12. The van der Waals surface area contributed by atoms with Gasteiger partial charge in [-0.1, -0.05) is 6.07 Å². The van der Waals surface area contributed by atoms with E-state index in [-0.39, 0.29) is 18.2 Å². The predicted octanol–water partition coefficient (Wildman–Crippen LogP) is 5.57.